The number of nitrogens with zero attached hydrogens (tertiary/aromatic N) is 2. The molecule has 0 aliphatic carbocycles. The Morgan fingerprint density at radius 1 is 1.31 bits per heavy atom. The maximum Gasteiger partial charge on any atom is 0.191 e. The van der Waals surface area contributed by atoms with Gasteiger partial charge < -0.3 is 20.1 Å². The first-order valence-corrected chi connectivity index (χ1v) is 10.2. The Morgan fingerprint density at radius 3 is 2.77 bits per heavy atom. The van der Waals surface area contributed by atoms with Crippen molar-refractivity contribution in [3.05, 3.63) is 12.2 Å². The van der Waals surface area contributed by atoms with E-state index in [0.717, 1.165) is 90.8 Å². The van der Waals surface area contributed by atoms with Crippen LogP contribution in [0.5, 0.6) is 0 Å². The van der Waals surface area contributed by atoms with E-state index in [9.17, 15) is 0 Å². The van der Waals surface area contributed by atoms with Gasteiger partial charge in [0.2, 0.25) is 0 Å². The second-order valence-corrected chi connectivity index (χ2v) is 7.57. The maximum absolute atomic E-state index is 5.75. The van der Waals surface area contributed by atoms with Crippen LogP contribution in [-0.2, 0) is 9.47 Å². The van der Waals surface area contributed by atoms with Crippen LogP contribution in [0.3, 0.4) is 0 Å². The molecule has 2 fully saturated rings. The molecule has 1 atom stereocenters. The molecule has 0 bridgehead atoms. The molecule has 150 valence electrons. The minimum Gasteiger partial charge on any atom is -0.381 e. The van der Waals surface area contributed by atoms with E-state index in [2.05, 4.69) is 36.0 Å². The van der Waals surface area contributed by atoms with Crippen LogP contribution >= 0.6 is 0 Å². The molecule has 2 aliphatic heterocycles. The Balaban J connectivity index is 1.60. The number of hydrogen-bond acceptors (Lipinski definition) is 4. The molecule has 2 N–H and O–H groups in total. The minimum atomic E-state index is 0.507. The monoisotopic (exact) mass is 366 g/mol. The van der Waals surface area contributed by atoms with Crippen LogP contribution in [0, 0.1) is 5.92 Å². The van der Waals surface area contributed by atoms with Crippen LogP contribution in [0.15, 0.2) is 17.1 Å². The molecular formula is C20H38N4O2. The predicted molar refractivity (Wildman–Crippen MR) is 108 cm³/mol. The number of hydrogen-bond donors (Lipinski definition) is 2. The molecule has 0 saturated carbocycles. The number of likely N-dealkylation sites (tertiary alicyclic amines) is 1. The minimum absolute atomic E-state index is 0.507. The van der Waals surface area contributed by atoms with Gasteiger partial charge in [-0.1, -0.05) is 12.2 Å². The first kappa shape index (κ1) is 21.2. The van der Waals surface area contributed by atoms with Crippen LogP contribution < -0.4 is 10.6 Å². The van der Waals surface area contributed by atoms with E-state index in [0.29, 0.717) is 12.0 Å². The zero-order chi connectivity index (χ0) is 18.6. The summed E-state index contributed by atoms with van der Waals surface area (Å²) in [5.41, 5.74) is 1.24. The van der Waals surface area contributed by atoms with E-state index in [1.807, 2.05) is 0 Å². The summed E-state index contributed by atoms with van der Waals surface area (Å²) in [6.07, 6.45) is 4.41. The number of piperidine rings is 1. The second kappa shape index (κ2) is 12.3. The molecule has 26 heavy (non-hydrogen) atoms. The first-order valence-electron chi connectivity index (χ1n) is 10.2. The highest BCUT2D eigenvalue weighted by atomic mass is 16.5. The molecule has 2 aliphatic rings. The van der Waals surface area contributed by atoms with Crippen molar-refractivity contribution in [2.24, 2.45) is 10.9 Å². The molecular weight excluding hydrogens is 328 g/mol. The SMILES string of the molecule is C=C(C)CN1CCC(NC(=NCCCOCC2CCOC2)NCC)CC1. The summed E-state index contributed by atoms with van der Waals surface area (Å²) < 4.78 is 11.1. The van der Waals surface area contributed by atoms with Gasteiger partial charge in [-0.3, -0.25) is 9.89 Å². The number of guanidine groups is 1. The molecule has 2 saturated heterocycles. The molecule has 6 heteroatoms. The number of ether oxygens (including phenoxy) is 2. The van der Waals surface area contributed by atoms with Crippen molar-refractivity contribution in [1.82, 2.24) is 15.5 Å². The standard InChI is InChI=1S/C20H38N4O2/c1-4-21-20(22-9-5-12-25-15-18-8-13-26-16-18)23-19-6-10-24(11-7-19)14-17(2)3/h18-19H,2,4-16H2,1,3H3,(H2,21,22,23). The number of rotatable bonds is 10. The molecule has 1 unspecified atom stereocenters. The molecule has 2 rings (SSSR count). The quantitative estimate of drug-likeness (QED) is 0.268. The fourth-order valence-electron chi connectivity index (χ4n) is 3.45. The third kappa shape index (κ3) is 8.52. The van der Waals surface area contributed by atoms with E-state index in [4.69, 9.17) is 14.5 Å². The molecule has 0 aromatic heterocycles. The Hall–Kier alpha value is -1.11. The molecule has 0 amide bonds. The van der Waals surface area contributed by atoms with Crippen LogP contribution in [0.4, 0.5) is 0 Å². The van der Waals surface area contributed by atoms with Crippen molar-refractivity contribution in [2.75, 3.05) is 59.2 Å². The van der Waals surface area contributed by atoms with E-state index in [1.54, 1.807) is 0 Å². The molecule has 0 radical (unpaired) electrons. The average molecular weight is 367 g/mol. The Bertz CT molecular complexity index is 428. The lowest BCUT2D eigenvalue weighted by Crippen LogP contribution is -2.48. The van der Waals surface area contributed by atoms with Crippen molar-refractivity contribution in [3.8, 4) is 0 Å². The first-order chi connectivity index (χ1) is 12.7. The van der Waals surface area contributed by atoms with Gasteiger partial charge in [-0.15, -0.1) is 0 Å². The predicted octanol–water partition coefficient (Wildman–Crippen LogP) is 2.03. The number of nitrogens with one attached hydrogen (secondary N) is 2. The van der Waals surface area contributed by atoms with Crippen molar-refractivity contribution in [1.29, 1.82) is 0 Å². The lowest BCUT2D eigenvalue weighted by Gasteiger charge is -2.33. The smallest absolute Gasteiger partial charge is 0.191 e. The van der Waals surface area contributed by atoms with Gasteiger partial charge in [0.1, 0.15) is 0 Å². The van der Waals surface area contributed by atoms with Crippen LogP contribution in [0.1, 0.15) is 39.5 Å². The van der Waals surface area contributed by atoms with Crippen molar-refractivity contribution < 1.29 is 9.47 Å². The van der Waals surface area contributed by atoms with Gasteiger partial charge in [-0.2, -0.15) is 0 Å². The van der Waals surface area contributed by atoms with Crippen molar-refractivity contribution >= 4 is 5.96 Å². The number of aliphatic imine (C=N–C) groups is 1. The zero-order valence-corrected chi connectivity index (χ0v) is 16.8. The molecule has 0 aromatic rings. The largest absolute Gasteiger partial charge is 0.381 e. The molecule has 6 nitrogen and oxygen atoms in total. The van der Waals surface area contributed by atoms with Gasteiger partial charge in [0.15, 0.2) is 5.96 Å². The lowest BCUT2D eigenvalue weighted by atomic mass is 10.0. The fraction of sp³-hybridized carbons (Fsp3) is 0.850. The van der Waals surface area contributed by atoms with E-state index in [-0.39, 0.29) is 0 Å². The summed E-state index contributed by atoms with van der Waals surface area (Å²) in [7, 11) is 0. The third-order valence-electron chi connectivity index (χ3n) is 4.86. The van der Waals surface area contributed by atoms with Gasteiger partial charge >= 0.3 is 0 Å². The summed E-state index contributed by atoms with van der Waals surface area (Å²) in [6.45, 7) is 16.5. The maximum atomic E-state index is 5.75. The molecule has 0 aromatic carbocycles. The Kier molecular flexibility index (Phi) is 10.0. The van der Waals surface area contributed by atoms with Crippen molar-refractivity contribution in [3.63, 3.8) is 0 Å². The highest BCUT2D eigenvalue weighted by Gasteiger charge is 2.19. The molecule has 0 spiro atoms. The Morgan fingerprint density at radius 2 is 2.12 bits per heavy atom. The molecule has 2 heterocycles. The van der Waals surface area contributed by atoms with Crippen LogP contribution in [-0.4, -0.2) is 76.1 Å². The Labute approximate surface area is 159 Å². The van der Waals surface area contributed by atoms with Crippen molar-refractivity contribution in [2.45, 2.75) is 45.6 Å². The summed E-state index contributed by atoms with van der Waals surface area (Å²) in [6, 6.07) is 0.507. The van der Waals surface area contributed by atoms with E-state index >= 15 is 0 Å². The van der Waals surface area contributed by atoms with Crippen LogP contribution in [0.2, 0.25) is 0 Å². The summed E-state index contributed by atoms with van der Waals surface area (Å²) in [4.78, 5) is 7.19. The van der Waals surface area contributed by atoms with Gasteiger partial charge in [0.05, 0.1) is 13.2 Å². The topological polar surface area (TPSA) is 58.1 Å². The van der Waals surface area contributed by atoms with Gasteiger partial charge in [-0.05, 0) is 39.5 Å². The summed E-state index contributed by atoms with van der Waals surface area (Å²) >= 11 is 0. The zero-order valence-electron chi connectivity index (χ0n) is 16.8. The average Bonchev–Trinajstić information content (AvgIpc) is 3.12. The highest BCUT2D eigenvalue weighted by molar-refractivity contribution is 5.80. The van der Waals surface area contributed by atoms with Gasteiger partial charge in [0.25, 0.3) is 0 Å². The summed E-state index contributed by atoms with van der Waals surface area (Å²) in [5, 5.41) is 6.96. The van der Waals surface area contributed by atoms with Gasteiger partial charge in [-0.25, -0.2) is 0 Å². The van der Waals surface area contributed by atoms with E-state index in [1.165, 1.54) is 5.57 Å². The van der Waals surface area contributed by atoms with Gasteiger partial charge in [0, 0.05) is 57.9 Å². The summed E-state index contributed by atoms with van der Waals surface area (Å²) in [5.74, 6) is 1.53. The second-order valence-electron chi connectivity index (χ2n) is 7.57. The highest BCUT2D eigenvalue weighted by Crippen LogP contribution is 2.12. The fourth-order valence-corrected chi connectivity index (χ4v) is 3.45. The third-order valence-corrected chi connectivity index (χ3v) is 4.86. The normalized spacial score (nSPS) is 22.5. The van der Waals surface area contributed by atoms with E-state index < -0.39 is 0 Å². The lowest BCUT2D eigenvalue weighted by molar-refractivity contribution is 0.0893. The van der Waals surface area contributed by atoms with Crippen LogP contribution in [0.25, 0.3) is 0 Å².